The third-order valence-corrected chi connectivity index (χ3v) is 4.63. The van der Waals surface area contributed by atoms with Crippen molar-refractivity contribution >= 4 is 17.2 Å². The van der Waals surface area contributed by atoms with E-state index in [0.29, 0.717) is 13.1 Å². The van der Waals surface area contributed by atoms with Gasteiger partial charge in [-0.25, -0.2) is 0 Å². The number of thiophene rings is 1. The van der Waals surface area contributed by atoms with Crippen LogP contribution in [0.4, 0.5) is 0 Å². The fourth-order valence-corrected chi connectivity index (χ4v) is 3.40. The molecular weight excluding hydrogens is 284 g/mol. The zero-order valence-corrected chi connectivity index (χ0v) is 12.8. The molecule has 0 radical (unpaired) electrons. The summed E-state index contributed by atoms with van der Waals surface area (Å²) in [4.78, 5) is 15.9. The van der Waals surface area contributed by atoms with Gasteiger partial charge in [-0.05, 0) is 43.0 Å². The highest BCUT2D eigenvalue weighted by Gasteiger charge is 2.26. The van der Waals surface area contributed by atoms with Crippen LogP contribution in [0.5, 0.6) is 0 Å². The number of nitrogens with zero attached hydrogens (tertiary/aromatic N) is 1. The Kier molecular flexibility index (Phi) is 4.72. The van der Waals surface area contributed by atoms with Crippen LogP contribution in [0.1, 0.15) is 29.9 Å². The molecule has 3 heterocycles. The zero-order chi connectivity index (χ0) is 14.5. The van der Waals surface area contributed by atoms with Gasteiger partial charge in [-0.2, -0.15) is 0 Å². The number of hydrogen-bond donors (Lipinski definition) is 1. The van der Waals surface area contributed by atoms with E-state index in [4.69, 9.17) is 4.42 Å². The summed E-state index contributed by atoms with van der Waals surface area (Å²) >= 11 is 1.68. The summed E-state index contributed by atoms with van der Waals surface area (Å²) in [6.45, 7) is 2.11. The van der Waals surface area contributed by atoms with Gasteiger partial charge in [-0.15, -0.1) is 11.3 Å². The van der Waals surface area contributed by atoms with Crippen molar-refractivity contribution < 1.29 is 9.21 Å². The van der Waals surface area contributed by atoms with E-state index in [-0.39, 0.29) is 11.9 Å². The maximum absolute atomic E-state index is 12.8. The molecule has 3 rings (SSSR count). The number of amides is 1. The molecule has 2 aromatic heterocycles. The average molecular weight is 304 g/mol. The normalized spacial score (nSPS) is 18.6. The topological polar surface area (TPSA) is 45.5 Å². The van der Waals surface area contributed by atoms with Crippen LogP contribution in [0.3, 0.4) is 0 Å². The van der Waals surface area contributed by atoms with Crippen molar-refractivity contribution in [3.05, 3.63) is 46.5 Å². The molecule has 5 heteroatoms. The highest BCUT2D eigenvalue weighted by atomic mass is 32.1. The molecule has 0 bridgehead atoms. The van der Waals surface area contributed by atoms with Gasteiger partial charge < -0.3 is 14.6 Å². The molecule has 2 aromatic rings. The van der Waals surface area contributed by atoms with Gasteiger partial charge in [0.25, 0.3) is 0 Å². The van der Waals surface area contributed by atoms with Gasteiger partial charge in [0.2, 0.25) is 5.91 Å². The van der Waals surface area contributed by atoms with E-state index in [1.54, 1.807) is 17.6 Å². The Bertz CT molecular complexity index is 509. The first-order valence-electron chi connectivity index (χ1n) is 7.40. The SMILES string of the molecule is O=C([C@H]1CCCCN1)N(Cc1ccco1)Cc1cccs1. The van der Waals surface area contributed by atoms with Crippen LogP contribution >= 0.6 is 11.3 Å². The van der Waals surface area contributed by atoms with Crippen molar-refractivity contribution in [3.63, 3.8) is 0 Å². The van der Waals surface area contributed by atoms with Crippen LogP contribution in [0.25, 0.3) is 0 Å². The molecule has 0 spiro atoms. The lowest BCUT2D eigenvalue weighted by molar-refractivity contribution is -0.135. The summed E-state index contributed by atoms with van der Waals surface area (Å²) < 4.78 is 5.41. The van der Waals surface area contributed by atoms with Crippen LogP contribution in [-0.4, -0.2) is 23.4 Å². The standard InChI is InChI=1S/C16H20N2O2S/c19-16(15-7-1-2-8-17-15)18(11-13-5-3-9-20-13)12-14-6-4-10-21-14/h3-6,9-10,15,17H,1-2,7-8,11-12H2/t15-/m1/s1. The predicted molar refractivity (Wildman–Crippen MR) is 82.9 cm³/mol. The summed E-state index contributed by atoms with van der Waals surface area (Å²) in [5, 5.41) is 5.39. The Morgan fingerprint density at radius 1 is 1.33 bits per heavy atom. The van der Waals surface area contributed by atoms with Crippen LogP contribution < -0.4 is 5.32 Å². The molecule has 112 valence electrons. The van der Waals surface area contributed by atoms with E-state index in [9.17, 15) is 4.79 Å². The minimum absolute atomic E-state index is 0.0475. The van der Waals surface area contributed by atoms with E-state index >= 15 is 0 Å². The minimum atomic E-state index is -0.0475. The molecular formula is C16H20N2O2S. The van der Waals surface area contributed by atoms with Crippen LogP contribution in [-0.2, 0) is 17.9 Å². The summed E-state index contributed by atoms with van der Waals surface area (Å²) in [6.07, 6.45) is 4.86. The third kappa shape index (κ3) is 3.74. The zero-order valence-electron chi connectivity index (χ0n) is 12.0. The fourth-order valence-electron chi connectivity index (χ4n) is 2.68. The molecule has 0 saturated carbocycles. The van der Waals surface area contributed by atoms with Crippen molar-refractivity contribution in [2.45, 2.75) is 38.4 Å². The van der Waals surface area contributed by atoms with E-state index in [2.05, 4.69) is 11.4 Å². The van der Waals surface area contributed by atoms with E-state index in [1.807, 2.05) is 28.5 Å². The maximum Gasteiger partial charge on any atom is 0.240 e. The molecule has 4 nitrogen and oxygen atoms in total. The Hall–Kier alpha value is -1.59. The molecule has 1 amide bonds. The Morgan fingerprint density at radius 3 is 2.95 bits per heavy atom. The van der Waals surface area contributed by atoms with Gasteiger partial charge in [0, 0.05) is 4.88 Å². The first-order chi connectivity index (χ1) is 10.3. The van der Waals surface area contributed by atoms with Gasteiger partial charge in [-0.1, -0.05) is 12.5 Å². The quantitative estimate of drug-likeness (QED) is 0.923. The van der Waals surface area contributed by atoms with Crippen LogP contribution in [0.2, 0.25) is 0 Å². The molecule has 1 aliphatic rings. The number of nitrogens with one attached hydrogen (secondary N) is 1. The second kappa shape index (κ2) is 6.91. The second-order valence-electron chi connectivity index (χ2n) is 5.36. The third-order valence-electron chi connectivity index (χ3n) is 3.77. The Labute approximate surface area is 128 Å². The van der Waals surface area contributed by atoms with Gasteiger partial charge in [0.1, 0.15) is 5.76 Å². The highest BCUT2D eigenvalue weighted by Crippen LogP contribution is 2.18. The number of piperidine rings is 1. The minimum Gasteiger partial charge on any atom is -0.467 e. The van der Waals surface area contributed by atoms with Gasteiger partial charge >= 0.3 is 0 Å². The molecule has 0 aromatic carbocycles. The Balaban J connectivity index is 1.72. The van der Waals surface area contributed by atoms with Gasteiger partial charge in [0.05, 0.1) is 25.4 Å². The largest absolute Gasteiger partial charge is 0.467 e. The summed E-state index contributed by atoms with van der Waals surface area (Å²) in [6, 6.07) is 7.83. The molecule has 1 atom stereocenters. The number of furan rings is 1. The summed E-state index contributed by atoms with van der Waals surface area (Å²) in [5.41, 5.74) is 0. The average Bonchev–Trinajstić information content (AvgIpc) is 3.20. The molecule has 1 aliphatic heterocycles. The number of hydrogen-bond acceptors (Lipinski definition) is 4. The molecule has 1 N–H and O–H groups in total. The first kappa shape index (κ1) is 14.4. The van der Waals surface area contributed by atoms with Crippen LogP contribution in [0.15, 0.2) is 40.3 Å². The molecule has 0 unspecified atom stereocenters. The Morgan fingerprint density at radius 2 is 2.29 bits per heavy atom. The van der Waals surface area contributed by atoms with Crippen LogP contribution in [0, 0.1) is 0 Å². The lowest BCUT2D eigenvalue weighted by Crippen LogP contribution is -2.47. The van der Waals surface area contributed by atoms with Crippen molar-refractivity contribution in [1.82, 2.24) is 10.2 Å². The van der Waals surface area contributed by atoms with E-state index in [1.165, 1.54) is 4.88 Å². The number of carbonyl (C=O) groups excluding carboxylic acids is 1. The van der Waals surface area contributed by atoms with Crippen molar-refractivity contribution in [3.8, 4) is 0 Å². The lowest BCUT2D eigenvalue weighted by atomic mass is 10.0. The number of carbonyl (C=O) groups is 1. The smallest absolute Gasteiger partial charge is 0.240 e. The first-order valence-corrected chi connectivity index (χ1v) is 8.28. The van der Waals surface area contributed by atoms with Crippen molar-refractivity contribution in [1.29, 1.82) is 0 Å². The lowest BCUT2D eigenvalue weighted by Gasteiger charge is -2.29. The highest BCUT2D eigenvalue weighted by molar-refractivity contribution is 7.09. The molecule has 21 heavy (non-hydrogen) atoms. The summed E-state index contributed by atoms with van der Waals surface area (Å²) in [7, 11) is 0. The van der Waals surface area contributed by atoms with E-state index in [0.717, 1.165) is 31.6 Å². The molecule has 1 saturated heterocycles. The van der Waals surface area contributed by atoms with E-state index < -0.39 is 0 Å². The predicted octanol–water partition coefficient (Wildman–Crippen LogP) is 3.01. The van der Waals surface area contributed by atoms with Crippen molar-refractivity contribution in [2.75, 3.05) is 6.54 Å². The maximum atomic E-state index is 12.8. The van der Waals surface area contributed by atoms with Gasteiger partial charge in [-0.3, -0.25) is 4.79 Å². The number of rotatable bonds is 5. The molecule has 1 fully saturated rings. The molecule has 0 aliphatic carbocycles. The second-order valence-corrected chi connectivity index (χ2v) is 6.39. The van der Waals surface area contributed by atoms with Crippen molar-refractivity contribution in [2.24, 2.45) is 0 Å². The van der Waals surface area contributed by atoms with Gasteiger partial charge in [0.15, 0.2) is 0 Å². The summed E-state index contributed by atoms with van der Waals surface area (Å²) in [5.74, 6) is 1.01. The monoisotopic (exact) mass is 304 g/mol. The fraction of sp³-hybridized carbons (Fsp3) is 0.438.